The lowest BCUT2D eigenvalue weighted by molar-refractivity contribution is -0.123. The number of nitrogens with zero attached hydrogens (tertiary/aromatic N) is 1. The van der Waals surface area contributed by atoms with Crippen LogP contribution in [0, 0.1) is 5.82 Å². The molecular formula is C26H21Cl2FN2O4. The van der Waals surface area contributed by atoms with E-state index in [1.807, 2.05) is 19.1 Å². The third-order valence-electron chi connectivity index (χ3n) is 5.19. The minimum Gasteiger partial charge on any atom is -0.490 e. The van der Waals surface area contributed by atoms with Crippen LogP contribution >= 0.6 is 23.2 Å². The summed E-state index contributed by atoms with van der Waals surface area (Å²) in [5.41, 5.74) is 1.70. The lowest BCUT2D eigenvalue weighted by Gasteiger charge is -2.15. The standard InChI is InChI=1S/C26H21Cl2FN2O4/c1-2-34-23-13-17(11-20(28)24(23)35-15-16-7-9-19(27)10-8-16)12-22-25(32)31(26(33)30-22)14-18-5-3-4-6-21(18)29/h3-13H,2,14-15H2,1H3,(H,30,33)/b22-12+. The van der Waals surface area contributed by atoms with Crippen LogP contribution in [0.1, 0.15) is 23.6 Å². The fourth-order valence-corrected chi connectivity index (χ4v) is 3.89. The largest absolute Gasteiger partial charge is 0.490 e. The molecule has 1 fully saturated rings. The van der Waals surface area contributed by atoms with Crippen molar-refractivity contribution in [2.75, 3.05) is 6.61 Å². The van der Waals surface area contributed by atoms with Crippen LogP contribution in [0.5, 0.6) is 11.5 Å². The van der Waals surface area contributed by atoms with E-state index in [0.29, 0.717) is 28.7 Å². The van der Waals surface area contributed by atoms with Crippen LogP contribution in [0.3, 0.4) is 0 Å². The summed E-state index contributed by atoms with van der Waals surface area (Å²) in [6, 6.07) is 15.8. The molecule has 1 saturated heterocycles. The monoisotopic (exact) mass is 514 g/mol. The van der Waals surface area contributed by atoms with Crippen molar-refractivity contribution in [1.29, 1.82) is 0 Å². The van der Waals surface area contributed by atoms with Gasteiger partial charge in [0.2, 0.25) is 0 Å². The highest BCUT2D eigenvalue weighted by molar-refractivity contribution is 6.32. The minimum absolute atomic E-state index is 0.0414. The van der Waals surface area contributed by atoms with E-state index in [2.05, 4.69) is 5.32 Å². The van der Waals surface area contributed by atoms with Gasteiger partial charge >= 0.3 is 6.03 Å². The second kappa shape index (κ2) is 10.8. The molecule has 1 N–H and O–H groups in total. The van der Waals surface area contributed by atoms with Gasteiger partial charge < -0.3 is 14.8 Å². The van der Waals surface area contributed by atoms with Crippen LogP contribution in [-0.2, 0) is 17.9 Å². The van der Waals surface area contributed by atoms with E-state index in [-0.39, 0.29) is 29.4 Å². The number of amides is 3. The summed E-state index contributed by atoms with van der Waals surface area (Å²) >= 11 is 12.4. The lowest BCUT2D eigenvalue weighted by atomic mass is 10.1. The van der Waals surface area contributed by atoms with Crippen molar-refractivity contribution in [3.8, 4) is 11.5 Å². The van der Waals surface area contributed by atoms with Gasteiger partial charge in [0, 0.05) is 10.6 Å². The number of carbonyl (C=O) groups is 2. The summed E-state index contributed by atoms with van der Waals surface area (Å²) in [6.07, 6.45) is 1.49. The molecule has 1 heterocycles. The van der Waals surface area contributed by atoms with E-state index >= 15 is 0 Å². The molecule has 1 aliphatic rings. The Balaban J connectivity index is 1.55. The maximum atomic E-state index is 14.0. The molecule has 0 aliphatic carbocycles. The van der Waals surface area contributed by atoms with Crippen molar-refractivity contribution >= 4 is 41.2 Å². The summed E-state index contributed by atoms with van der Waals surface area (Å²) < 4.78 is 25.6. The van der Waals surface area contributed by atoms with Gasteiger partial charge in [0.1, 0.15) is 18.1 Å². The van der Waals surface area contributed by atoms with Crippen molar-refractivity contribution in [2.45, 2.75) is 20.1 Å². The number of hydrogen-bond acceptors (Lipinski definition) is 4. The van der Waals surface area contributed by atoms with Gasteiger partial charge in [0.05, 0.1) is 18.2 Å². The first-order chi connectivity index (χ1) is 16.9. The van der Waals surface area contributed by atoms with E-state index in [1.54, 1.807) is 36.4 Å². The number of hydrogen-bond donors (Lipinski definition) is 1. The van der Waals surface area contributed by atoms with Crippen molar-refractivity contribution in [2.24, 2.45) is 0 Å². The maximum Gasteiger partial charge on any atom is 0.329 e. The molecule has 6 nitrogen and oxygen atoms in total. The first-order valence-corrected chi connectivity index (χ1v) is 11.5. The molecule has 0 saturated carbocycles. The zero-order chi connectivity index (χ0) is 24.9. The predicted molar refractivity (Wildman–Crippen MR) is 132 cm³/mol. The highest BCUT2D eigenvalue weighted by Gasteiger charge is 2.34. The average Bonchev–Trinajstić information content (AvgIpc) is 3.08. The topological polar surface area (TPSA) is 67.9 Å². The van der Waals surface area contributed by atoms with Gasteiger partial charge in [-0.3, -0.25) is 9.69 Å². The number of nitrogens with one attached hydrogen (secondary N) is 1. The molecule has 9 heteroatoms. The molecule has 0 aromatic heterocycles. The summed E-state index contributed by atoms with van der Waals surface area (Å²) in [4.78, 5) is 26.2. The predicted octanol–water partition coefficient (Wildman–Crippen LogP) is 6.20. The van der Waals surface area contributed by atoms with Crippen LogP contribution in [0.2, 0.25) is 10.0 Å². The molecule has 3 aromatic rings. The Morgan fingerprint density at radius 3 is 2.49 bits per heavy atom. The number of halogens is 3. The number of imide groups is 1. The quantitative estimate of drug-likeness (QED) is 0.287. The minimum atomic E-state index is -0.636. The van der Waals surface area contributed by atoms with Gasteiger partial charge in [-0.05, 0) is 54.5 Å². The highest BCUT2D eigenvalue weighted by Crippen LogP contribution is 2.38. The van der Waals surface area contributed by atoms with E-state index in [1.165, 1.54) is 18.2 Å². The zero-order valence-electron chi connectivity index (χ0n) is 18.7. The van der Waals surface area contributed by atoms with Crippen molar-refractivity contribution in [3.05, 3.63) is 98.9 Å². The summed E-state index contributed by atoms with van der Waals surface area (Å²) in [5, 5.41) is 3.43. The fourth-order valence-electron chi connectivity index (χ4n) is 3.49. The molecule has 180 valence electrons. The van der Waals surface area contributed by atoms with Crippen LogP contribution in [0.25, 0.3) is 6.08 Å². The number of carbonyl (C=O) groups excluding carboxylic acids is 2. The Bertz CT molecular complexity index is 1300. The lowest BCUT2D eigenvalue weighted by Crippen LogP contribution is -2.30. The van der Waals surface area contributed by atoms with Crippen molar-refractivity contribution in [3.63, 3.8) is 0 Å². The average molecular weight is 515 g/mol. The van der Waals surface area contributed by atoms with Crippen molar-refractivity contribution < 1.29 is 23.5 Å². The van der Waals surface area contributed by atoms with Gasteiger partial charge in [-0.15, -0.1) is 0 Å². The highest BCUT2D eigenvalue weighted by atomic mass is 35.5. The maximum absolute atomic E-state index is 14.0. The summed E-state index contributed by atoms with van der Waals surface area (Å²) in [6.45, 7) is 2.25. The zero-order valence-corrected chi connectivity index (χ0v) is 20.2. The van der Waals surface area contributed by atoms with Gasteiger partial charge in [0.25, 0.3) is 5.91 Å². The Morgan fingerprint density at radius 1 is 1.03 bits per heavy atom. The Labute approximate surface area is 211 Å². The molecule has 0 bridgehead atoms. The van der Waals surface area contributed by atoms with Gasteiger partial charge in [0.15, 0.2) is 11.5 Å². The van der Waals surface area contributed by atoms with Crippen LogP contribution in [-0.4, -0.2) is 23.4 Å². The molecule has 0 radical (unpaired) electrons. The van der Waals surface area contributed by atoms with E-state index in [4.69, 9.17) is 32.7 Å². The first-order valence-electron chi connectivity index (χ1n) is 10.8. The summed E-state index contributed by atoms with van der Waals surface area (Å²) in [7, 11) is 0. The normalized spacial score (nSPS) is 14.4. The third-order valence-corrected chi connectivity index (χ3v) is 5.72. The molecule has 0 spiro atoms. The molecule has 4 rings (SSSR count). The van der Waals surface area contributed by atoms with Gasteiger partial charge in [-0.25, -0.2) is 9.18 Å². The second-order valence-electron chi connectivity index (χ2n) is 7.65. The number of urea groups is 1. The van der Waals surface area contributed by atoms with E-state index in [0.717, 1.165) is 10.5 Å². The SMILES string of the molecule is CCOc1cc(/C=C2/NC(=O)N(Cc3ccccc3F)C2=O)cc(Cl)c1OCc1ccc(Cl)cc1. The molecule has 0 unspecified atom stereocenters. The van der Waals surface area contributed by atoms with E-state index < -0.39 is 17.8 Å². The molecule has 1 aliphatic heterocycles. The molecule has 35 heavy (non-hydrogen) atoms. The third kappa shape index (κ3) is 5.75. The Morgan fingerprint density at radius 2 is 1.77 bits per heavy atom. The van der Waals surface area contributed by atoms with Crippen LogP contribution in [0.15, 0.2) is 66.4 Å². The molecule has 3 aromatic carbocycles. The number of ether oxygens (including phenoxy) is 2. The smallest absolute Gasteiger partial charge is 0.329 e. The Hall–Kier alpha value is -3.55. The molecule has 3 amide bonds. The summed E-state index contributed by atoms with van der Waals surface area (Å²) in [5.74, 6) is -0.322. The molecule has 0 atom stereocenters. The van der Waals surface area contributed by atoms with Crippen molar-refractivity contribution in [1.82, 2.24) is 10.2 Å². The van der Waals surface area contributed by atoms with Crippen LogP contribution < -0.4 is 14.8 Å². The van der Waals surface area contributed by atoms with Crippen LogP contribution in [0.4, 0.5) is 9.18 Å². The fraction of sp³-hybridized carbons (Fsp3) is 0.154. The first kappa shape index (κ1) is 24.6. The Kier molecular flexibility index (Phi) is 7.58. The number of rotatable bonds is 8. The van der Waals surface area contributed by atoms with Gasteiger partial charge in [-0.1, -0.05) is 53.5 Å². The van der Waals surface area contributed by atoms with E-state index in [9.17, 15) is 14.0 Å². The number of benzene rings is 3. The second-order valence-corrected chi connectivity index (χ2v) is 8.49. The van der Waals surface area contributed by atoms with Gasteiger partial charge in [-0.2, -0.15) is 0 Å². The molecular weight excluding hydrogens is 494 g/mol.